The van der Waals surface area contributed by atoms with E-state index in [4.69, 9.17) is 0 Å². The van der Waals surface area contributed by atoms with E-state index in [1.165, 1.54) is 24.0 Å². The van der Waals surface area contributed by atoms with Gasteiger partial charge in [0, 0.05) is 12.2 Å². The second kappa shape index (κ2) is 9.01. The van der Waals surface area contributed by atoms with Crippen LogP contribution < -0.4 is 4.90 Å². The molecule has 0 aliphatic carbocycles. The van der Waals surface area contributed by atoms with Crippen molar-refractivity contribution in [3.05, 3.63) is 96.3 Å². The van der Waals surface area contributed by atoms with Crippen molar-refractivity contribution in [3.8, 4) is 0 Å². The van der Waals surface area contributed by atoms with E-state index in [1.807, 2.05) is 36.4 Å². The summed E-state index contributed by atoms with van der Waals surface area (Å²) in [4.78, 5) is 14.6. The minimum atomic E-state index is -3.95. The summed E-state index contributed by atoms with van der Waals surface area (Å²) in [7, 11) is -3.95. The number of rotatable bonds is 7. The largest absolute Gasteiger partial charge is 0.311 e. The van der Waals surface area contributed by atoms with Gasteiger partial charge in [-0.25, -0.2) is 12.8 Å². The zero-order valence-electron chi connectivity index (χ0n) is 16.0. The third-order valence-electron chi connectivity index (χ3n) is 4.76. The average molecular weight is 411 g/mol. The molecule has 6 heteroatoms. The van der Waals surface area contributed by atoms with Crippen molar-refractivity contribution in [2.24, 2.45) is 0 Å². The summed E-state index contributed by atoms with van der Waals surface area (Å²) in [5.41, 5.74) is 1.69. The van der Waals surface area contributed by atoms with E-state index in [0.717, 1.165) is 17.7 Å². The number of para-hydroxylation sites is 1. The van der Waals surface area contributed by atoms with Gasteiger partial charge < -0.3 is 4.90 Å². The van der Waals surface area contributed by atoms with E-state index in [-0.39, 0.29) is 4.90 Å². The zero-order chi connectivity index (χ0) is 20.9. The molecule has 0 heterocycles. The number of hydrogen-bond donors (Lipinski definition) is 0. The first kappa shape index (κ1) is 20.7. The molecule has 0 aliphatic heterocycles. The highest BCUT2D eigenvalue weighted by molar-refractivity contribution is 7.92. The lowest BCUT2D eigenvalue weighted by molar-refractivity contribution is -0.118. The van der Waals surface area contributed by atoms with Crippen molar-refractivity contribution in [2.75, 3.05) is 11.4 Å². The number of hydrogen-bond acceptors (Lipinski definition) is 3. The molecule has 1 amide bonds. The molecule has 4 nitrogen and oxygen atoms in total. The van der Waals surface area contributed by atoms with Gasteiger partial charge in [-0.15, -0.1) is 0 Å². The van der Waals surface area contributed by atoms with E-state index in [2.05, 4.69) is 0 Å². The van der Waals surface area contributed by atoms with Crippen molar-refractivity contribution in [2.45, 2.75) is 23.5 Å². The second-order valence-corrected chi connectivity index (χ2v) is 8.97. The van der Waals surface area contributed by atoms with E-state index >= 15 is 0 Å². The van der Waals surface area contributed by atoms with Crippen molar-refractivity contribution in [1.29, 1.82) is 0 Å². The predicted molar refractivity (Wildman–Crippen MR) is 112 cm³/mol. The van der Waals surface area contributed by atoms with Crippen LogP contribution in [0.2, 0.25) is 0 Å². The lowest BCUT2D eigenvalue weighted by atomic mass is 10.1. The van der Waals surface area contributed by atoms with E-state index < -0.39 is 26.8 Å². The number of sulfone groups is 1. The third-order valence-corrected chi connectivity index (χ3v) is 6.82. The molecule has 0 aromatic heterocycles. The van der Waals surface area contributed by atoms with Crippen molar-refractivity contribution >= 4 is 21.4 Å². The summed E-state index contributed by atoms with van der Waals surface area (Å²) < 4.78 is 39.0. The highest BCUT2D eigenvalue weighted by atomic mass is 32.2. The Hall–Kier alpha value is -2.99. The monoisotopic (exact) mass is 411 g/mol. The Kier molecular flexibility index (Phi) is 6.44. The van der Waals surface area contributed by atoms with Crippen molar-refractivity contribution in [3.63, 3.8) is 0 Å². The maximum atomic E-state index is 13.2. The Morgan fingerprint density at radius 2 is 1.45 bits per heavy atom. The van der Waals surface area contributed by atoms with Crippen LogP contribution in [-0.4, -0.2) is 26.1 Å². The molecule has 29 heavy (non-hydrogen) atoms. The van der Waals surface area contributed by atoms with Gasteiger partial charge in [-0.1, -0.05) is 48.5 Å². The molecule has 0 saturated carbocycles. The quantitative estimate of drug-likeness (QED) is 0.546. The fraction of sp³-hybridized carbons (Fsp3) is 0.174. The molecule has 3 aromatic carbocycles. The van der Waals surface area contributed by atoms with Gasteiger partial charge in [0.15, 0.2) is 9.84 Å². The molecule has 3 rings (SSSR count). The summed E-state index contributed by atoms with van der Waals surface area (Å²) in [5, 5.41) is -1.30. The van der Waals surface area contributed by atoms with Gasteiger partial charge >= 0.3 is 0 Å². The number of benzene rings is 3. The number of anilines is 1. The molecule has 0 bridgehead atoms. The maximum Gasteiger partial charge on any atom is 0.245 e. The molecule has 0 fully saturated rings. The van der Waals surface area contributed by atoms with Crippen LogP contribution in [0, 0.1) is 5.82 Å². The van der Waals surface area contributed by atoms with Crippen LogP contribution in [0.4, 0.5) is 10.1 Å². The Bertz CT molecular complexity index is 1050. The summed E-state index contributed by atoms with van der Waals surface area (Å²) >= 11 is 0. The van der Waals surface area contributed by atoms with Crippen LogP contribution >= 0.6 is 0 Å². The average Bonchev–Trinajstić information content (AvgIpc) is 2.75. The molecule has 0 saturated heterocycles. The van der Waals surface area contributed by atoms with E-state index in [1.54, 1.807) is 24.3 Å². The van der Waals surface area contributed by atoms with Gasteiger partial charge in [0.2, 0.25) is 5.91 Å². The molecule has 0 aliphatic rings. The smallest absolute Gasteiger partial charge is 0.245 e. The van der Waals surface area contributed by atoms with Crippen molar-refractivity contribution < 1.29 is 17.6 Å². The fourth-order valence-electron chi connectivity index (χ4n) is 3.04. The first-order valence-electron chi connectivity index (χ1n) is 9.29. The Balaban J connectivity index is 1.88. The first-order valence-corrected chi connectivity index (χ1v) is 10.8. The number of carbonyl (C=O) groups excluding carboxylic acids is 1. The standard InChI is InChI=1S/C23H22FNO3S/c1-18(29(27,28)22-14-12-20(24)13-15-22)23(26)25(21-10-6-3-7-11-21)17-16-19-8-4-2-5-9-19/h2-15,18H,16-17H2,1H3. The van der Waals surface area contributed by atoms with Gasteiger partial charge in [0.1, 0.15) is 11.1 Å². The summed E-state index contributed by atoms with van der Waals surface area (Å²) in [6.07, 6.45) is 0.588. The fourth-order valence-corrected chi connectivity index (χ4v) is 4.36. The van der Waals surface area contributed by atoms with Crippen molar-refractivity contribution in [1.82, 2.24) is 0 Å². The van der Waals surface area contributed by atoms with Crippen LogP contribution in [0.3, 0.4) is 0 Å². The molecular formula is C23H22FNO3S. The molecule has 150 valence electrons. The maximum absolute atomic E-state index is 13.2. The Morgan fingerprint density at radius 3 is 2.03 bits per heavy atom. The van der Waals surface area contributed by atoms with Crippen LogP contribution in [0.25, 0.3) is 0 Å². The minimum absolute atomic E-state index is 0.0733. The zero-order valence-corrected chi connectivity index (χ0v) is 16.8. The lowest BCUT2D eigenvalue weighted by Crippen LogP contribution is -2.42. The molecule has 3 aromatic rings. The normalized spacial score (nSPS) is 12.3. The number of halogens is 1. The topological polar surface area (TPSA) is 54.5 Å². The van der Waals surface area contributed by atoms with Crippen LogP contribution in [-0.2, 0) is 21.1 Å². The van der Waals surface area contributed by atoms with Crippen LogP contribution in [0.15, 0.2) is 89.8 Å². The Labute approximate surface area is 170 Å². The summed E-state index contributed by atoms with van der Waals surface area (Å²) in [6, 6.07) is 23.2. The summed E-state index contributed by atoms with van der Waals surface area (Å²) in [6.45, 7) is 1.72. The predicted octanol–water partition coefficient (Wildman–Crippen LogP) is 4.26. The van der Waals surface area contributed by atoms with Crippen LogP contribution in [0.5, 0.6) is 0 Å². The molecule has 0 N–H and O–H groups in total. The Morgan fingerprint density at radius 1 is 0.897 bits per heavy atom. The lowest BCUT2D eigenvalue weighted by Gasteiger charge is -2.26. The SMILES string of the molecule is CC(C(=O)N(CCc1ccccc1)c1ccccc1)S(=O)(=O)c1ccc(F)cc1. The van der Waals surface area contributed by atoms with Crippen LogP contribution in [0.1, 0.15) is 12.5 Å². The van der Waals surface area contributed by atoms with E-state index in [0.29, 0.717) is 18.7 Å². The molecule has 0 spiro atoms. The summed E-state index contributed by atoms with van der Waals surface area (Å²) in [5.74, 6) is -1.05. The highest BCUT2D eigenvalue weighted by Crippen LogP contribution is 2.22. The van der Waals surface area contributed by atoms with Gasteiger partial charge in [-0.3, -0.25) is 4.79 Å². The molecular weight excluding hydrogens is 389 g/mol. The first-order chi connectivity index (χ1) is 13.9. The third kappa shape index (κ3) is 4.90. The number of carbonyl (C=O) groups is 1. The molecule has 1 unspecified atom stereocenters. The van der Waals surface area contributed by atoms with Gasteiger partial charge in [-0.2, -0.15) is 0 Å². The number of amides is 1. The second-order valence-electron chi connectivity index (χ2n) is 6.70. The highest BCUT2D eigenvalue weighted by Gasteiger charge is 2.33. The van der Waals surface area contributed by atoms with Gasteiger partial charge in [-0.05, 0) is 55.3 Å². The van der Waals surface area contributed by atoms with Gasteiger partial charge in [0.05, 0.1) is 4.90 Å². The minimum Gasteiger partial charge on any atom is -0.311 e. The van der Waals surface area contributed by atoms with E-state index in [9.17, 15) is 17.6 Å². The number of nitrogens with zero attached hydrogens (tertiary/aromatic N) is 1. The molecule has 1 atom stereocenters. The molecule has 0 radical (unpaired) electrons. The van der Waals surface area contributed by atoms with Gasteiger partial charge in [0.25, 0.3) is 0 Å².